The number of anilines is 1. The van der Waals surface area contributed by atoms with E-state index in [1.54, 1.807) is 23.0 Å². The zero-order chi connectivity index (χ0) is 22.3. The lowest BCUT2D eigenvalue weighted by molar-refractivity contribution is 0.0992. The molecule has 4 aromatic rings. The monoisotopic (exact) mass is 435 g/mol. The van der Waals surface area contributed by atoms with Crippen LogP contribution < -0.4 is 14.8 Å². The second-order valence-corrected chi connectivity index (χ2v) is 7.00. The highest BCUT2D eigenvalue weighted by molar-refractivity contribution is 6.02. The first-order valence-corrected chi connectivity index (χ1v) is 10.1. The van der Waals surface area contributed by atoms with Gasteiger partial charge in [0.2, 0.25) is 0 Å². The van der Waals surface area contributed by atoms with Crippen LogP contribution in [-0.2, 0) is 19.8 Å². The van der Waals surface area contributed by atoms with Crippen molar-refractivity contribution in [1.29, 1.82) is 0 Å². The van der Waals surface area contributed by atoms with Gasteiger partial charge in [-0.05, 0) is 60.5 Å². The molecule has 0 saturated carbocycles. The maximum Gasteiger partial charge on any atom is 0.291 e. The Balaban J connectivity index is 1.27. The predicted octanol–water partition coefficient (Wildman–Crippen LogP) is 5.05. The Kier molecular flexibility index (Phi) is 6.50. The van der Waals surface area contributed by atoms with Gasteiger partial charge in [-0.1, -0.05) is 19.1 Å². The number of nitrogens with one attached hydrogen (secondary N) is 1. The summed E-state index contributed by atoms with van der Waals surface area (Å²) in [6, 6.07) is 16.7. The molecule has 0 aliphatic carbocycles. The first kappa shape index (κ1) is 21.2. The first-order chi connectivity index (χ1) is 15.6. The first-order valence-electron chi connectivity index (χ1n) is 10.1. The van der Waals surface area contributed by atoms with Crippen LogP contribution in [-0.4, -0.2) is 15.7 Å². The summed E-state index contributed by atoms with van der Waals surface area (Å²) in [5.74, 6) is 1.11. The van der Waals surface area contributed by atoms with Crippen molar-refractivity contribution >= 4 is 11.6 Å². The summed E-state index contributed by atoms with van der Waals surface area (Å²) in [7, 11) is 0. The molecule has 2 aromatic heterocycles. The third kappa shape index (κ3) is 5.54. The number of carbonyl (C=O) groups excluding carboxylic acids is 1. The van der Waals surface area contributed by atoms with Gasteiger partial charge in [0.25, 0.3) is 5.91 Å². The van der Waals surface area contributed by atoms with E-state index in [9.17, 15) is 9.18 Å². The van der Waals surface area contributed by atoms with E-state index in [1.165, 1.54) is 36.0 Å². The molecule has 164 valence electrons. The summed E-state index contributed by atoms with van der Waals surface area (Å²) < 4.78 is 31.3. The summed E-state index contributed by atoms with van der Waals surface area (Å²) in [5, 5.41) is 6.92. The van der Waals surface area contributed by atoms with Gasteiger partial charge in [0.05, 0.1) is 18.1 Å². The number of amides is 1. The van der Waals surface area contributed by atoms with Crippen molar-refractivity contribution in [3.63, 3.8) is 0 Å². The quantitative estimate of drug-likeness (QED) is 0.398. The Morgan fingerprint density at radius 2 is 1.75 bits per heavy atom. The summed E-state index contributed by atoms with van der Waals surface area (Å²) in [4.78, 5) is 12.4. The van der Waals surface area contributed by atoms with Crippen molar-refractivity contribution in [2.45, 2.75) is 26.7 Å². The molecule has 1 N–H and O–H groups in total. The molecule has 0 bridgehead atoms. The minimum Gasteiger partial charge on any atom is -0.486 e. The number of furan rings is 1. The summed E-state index contributed by atoms with van der Waals surface area (Å²) in [5.41, 5.74) is 1.75. The molecule has 1 amide bonds. The Morgan fingerprint density at radius 1 is 1.03 bits per heavy atom. The van der Waals surface area contributed by atoms with Crippen LogP contribution in [0.3, 0.4) is 0 Å². The number of aromatic nitrogens is 2. The maximum atomic E-state index is 12.9. The summed E-state index contributed by atoms with van der Waals surface area (Å²) >= 11 is 0. The molecular formula is C24H22FN3O4. The van der Waals surface area contributed by atoms with Crippen LogP contribution in [0.4, 0.5) is 10.1 Å². The SMILES string of the molecule is CCc1ccc(OCn2cc(NC(=O)c3ccc(COc4ccc(F)cc4)o3)cn2)cc1. The average molecular weight is 435 g/mol. The van der Waals surface area contributed by atoms with Gasteiger partial charge in [-0.15, -0.1) is 0 Å². The van der Waals surface area contributed by atoms with Crippen molar-refractivity contribution in [3.8, 4) is 11.5 Å². The third-order valence-electron chi connectivity index (χ3n) is 4.67. The second-order valence-electron chi connectivity index (χ2n) is 7.00. The fraction of sp³-hybridized carbons (Fsp3) is 0.167. The number of carbonyl (C=O) groups is 1. The Morgan fingerprint density at radius 3 is 2.50 bits per heavy atom. The largest absolute Gasteiger partial charge is 0.486 e. The number of hydrogen-bond acceptors (Lipinski definition) is 5. The molecule has 0 aliphatic rings. The van der Waals surface area contributed by atoms with Gasteiger partial charge in [-0.3, -0.25) is 4.79 Å². The molecule has 32 heavy (non-hydrogen) atoms. The van der Waals surface area contributed by atoms with Crippen molar-refractivity contribution in [2.24, 2.45) is 0 Å². The maximum absolute atomic E-state index is 12.9. The Hall–Kier alpha value is -4.07. The van der Waals surface area contributed by atoms with Crippen molar-refractivity contribution < 1.29 is 23.1 Å². The Bertz CT molecular complexity index is 1170. The summed E-state index contributed by atoms with van der Waals surface area (Å²) in [6.07, 6.45) is 4.17. The van der Waals surface area contributed by atoms with Crippen molar-refractivity contribution in [2.75, 3.05) is 5.32 Å². The van der Waals surface area contributed by atoms with Crippen LogP contribution in [0.15, 0.2) is 77.5 Å². The average Bonchev–Trinajstić information content (AvgIpc) is 3.47. The smallest absolute Gasteiger partial charge is 0.291 e. The van der Waals surface area contributed by atoms with E-state index >= 15 is 0 Å². The highest BCUT2D eigenvalue weighted by Gasteiger charge is 2.13. The zero-order valence-electron chi connectivity index (χ0n) is 17.5. The second kappa shape index (κ2) is 9.82. The normalized spacial score (nSPS) is 10.7. The van der Waals surface area contributed by atoms with Crippen LogP contribution in [0.25, 0.3) is 0 Å². The van der Waals surface area contributed by atoms with Crippen LogP contribution in [0.2, 0.25) is 0 Å². The fourth-order valence-electron chi connectivity index (χ4n) is 2.92. The predicted molar refractivity (Wildman–Crippen MR) is 116 cm³/mol. The van der Waals surface area contributed by atoms with E-state index in [-0.39, 0.29) is 24.9 Å². The number of hydrogen-bond donors (Lipinski definition) is 1. The van der Waals surface area contributed by atoms with Gasteiger partial charge in [0.1, 0.15) is 29.7 Å². The molecule has 0 atom stereocenters. The molecule has 0 unspecified atom stereocenters. The number of benzene rings is 2. The number of aryl methyl sites for hydroxylation is 1. The third-order valence-corrected chi connectivity index (χ3v) is 4.67. The Labute approximate surface area is 184 Å². The standard InChI is InChI=1S/C24H22FN3O4/c1-2-17-3-7-21(8-4-17)31-16-28-14-19(13-26-28)27-24(29)23-12-11-22(32-23)15-30-20-9-5-18(25)6-10-20/h3-14H,2,15-16H2,1H3,(H,27,29). The zero-order valence-corrected chi connectivity index (χ0v) is 17.5. The molecule has 4 rings (SSSR count). The molecule has 0 fully saturated rings. The van der Waals surface area contributed by atoms with Crippen LogP contribution in [0, 0.1) is 5.82 Å². The van der Waals surface area contributed by atoms with Crippen LogP contribution in [0.5, 0.6) is 11.5 Å². The minimum absolute atomic E-state index is 0.118. The van der Waals surface area contributed by atoms with E-state index in [2.05, 4.69) is 17.3 Å². The van der Waals surface area contributed by atoms with Gasteiger partial charge >= 0.3 is 0 Å². The molecule has 2 heterocycles. The van der Waals surface area contributed by atoms with Gasteiger partial charge in [0, 0.05) is 0 Å². The number of rotatable bonds is 9. The number of nitrogens with zero attached hydrogens (tertiary/aromatic N) is 2. The minimum atomic E-state index is -0.409. The van der Waals surface area contributed by atoms with E-state index in [0.717, 1.165) is 12.2 Å². The fourth-order valence-corrected chi connectivity index (χ4v) is 2.92. The highest BCUT2D eigenvalue weighted by atomic mass is 19.1. The lowest BCUT2D eigenvalue weighted by atomic mass is 10.2. The molecular weight excluding hydrogens is 413 g/mol. The number of halogens is 1. The molecule has 2 aromatic carbocycles. The van der Waals surface area contributed by atoms with E-state index in [0.29, 0.717) is 17.2 Å². The highest BCUT2D eigenvalue weighted by Crippen LogP contribution is 2.17. The van der Waals surface area contributed by atoms with E-state index < -0.39 is 5.91 Å². The van der Waals surface area contributed by atoms with Gasteiger partial charge < -0.3 is 19.2 Å². The van der Waals surface area contributed by atoms with Crippen molar-refractivity contribution in [1.82, 2.24) is 9.78 Å². The van der Waals surface area contributed by atoms with E-state index in [1.807, 2.05) is 24.3 Å². The van der Waals surface area contributed by atoms with Crippen molar-refractivity contribution in [3.05, 3.63) is 96.0 Å². The molecule has 0 spiro atoms. The molecule has 0 aliphatic heterocycles. The lowest BCUT2D eigenvalue weighted by Gasteiger charge is -2.06. The molecule has 7 nitrogen and oxygen atoms in total. The molecule has 0 saturated heterocycles. The molecule has 0 radical (unpaired) electrons. The van der Waals surface area contributed by atoms with Gasteiger partial charge in [-0.25, -0.2) is 9.07 Å². The topological polar surface area (TPSA) is 78.5 Å². The lowest BCUT2D eigenvalue weighted by Crippen LogP contribution is -2.10. The van der Waals surface area contributed by atoms with Gasteiger partial charge in [-0.2, -0.15) is 5.10 Å². The summed E-state index contributed by atoms with van der Waals surface area (Å²) in [6.45, 7) is 2.43. The van der Waals surface area contributed by atoms with Crippen LogP contribution >= 0.6 is 0 Å². The number of ether oxygens (including phenoxy) is 2. The van der Waals surface area contributed by atoms with Crippen LogP contribution in [0.1, 0.15) is 28.8 Å². The van der Waals surface area contributed by atoms with Gasteiger partial charge in [0.15, 0.2) is 12.5 Å². The molecule has 8 heteroatoms. The van der Waals surface area contributed by atoms with E-state index in [4.69, 9.17) is 13.9 Å².